The number of carbonyl (C=O) groups excluding carboxylic acids is 12. The molecule has 5 aliphatic rings. The lowest BCUT2D eigenvalue weighted by molar-refractivity contribution is -0.270. The highest BCUT2D eigenvalue weighted by atomic mass is 16.7. The highest BCUT2D eigenvalue weighted by Crippen LogP contribution is 2.30. The molecule has 21 N–H and O–H groups in total. The second-order valence-corrected chi connectivity index (χ2v) is 33.0. The smallest absolute Gasteiger partial charge is 0.223 e. The molecular formula is C83H147N13O32. The Kier molecular flexibility index (Phi) is 54.1. The molecule has 12 amide bonds. The Bertz CT molecular complexity index is 3310. The number of aliphatic hydroxyl groups excluding tert-OH is 10. The number of hydrogen-bond donors (Lipinski definition) is 21. The number of likely N-dealkylation sites (tertiary alicyclic amines) is 1. The van der Waals surface area contributed by atoms with Gasteiger partial charge in [0.25, 0.3) is 0 Å². The Morgan fingerprint density at radius 2 is 0.656 bits per heavy atom. The molecule has 45 heteroatoms. The van der Waals surface area contributed by atoms with Crippen molar-refractivity contribution in [2.75, 3.05) is 126 Å². The van der Waals surface area contributed by atoms with Gasteiger partial charge in [-0.2, -0.15) is 0 Å². The summed E-state index contributed by atoms with van der Waals surface area (Å²) in [5.74, 6) is -4.62. The zero-order valence-electron chi connectivity index (χ0n) is 75.0. The van der Waals surface area contributed by atoms with Crippen LogP contribution in [0.2, 0.25) is 0 Å². The summed E-state index contributed by atoms with van der Waals surface area (Å²) in [6.45, 7) is 3.62. The first kappa shape index (κ1) is 111. The maximum Gasteiger partial charge on any atom is 0.223 e. The first-order valence-electron chi connectivity index (χ1n) is 45.1. The van der Waals surface area contributed by atoms with Crippen LogP contribution in [-0.2, 0) is 105 Å². The van der Waals surface area contributed by atoms with E-state index in [4.69, 9.17) is 47.4 Å². The third-order valence-corrected chi connectivity index (χ3v) is 22.1. The van der Waals surface area contributed by atoms with Crippen molar-refractivity contribution in [1.29, 1.82) is 0 Å². The molecule has 0 aliphatic carbocycles. The van der Waals surface area contributed by atoms with Gasteiger partial charge in [0.15, 0.2) is 25.1 Å². The maximum atomic E-state index is 14.0. The molecule has 5 fully saturated rings. The molecule has 0 radical (unpaired) electrons. The molecule has 128 heavy (non-hydrogen) atoms. The van der Waals surface area contributed by atoms with Gasteiger partial charge in [0, 0.05) is 151 Å². The average molecular weight is 1840 g/mol. The predicted octanol–water partition coefficient (Wildman–Crippen LogP) is -6.07. The van der Waals surface area contributed by atoms with E-state index in [-0.39, 0.29) is 160 Å². The van der Waals surface area contributed by atoms with E-state index in [0.717, 1.165) is 38.5 Å². The van der Waals surface area contributed by atoms with E-state index in [0.29, 0.717) is 90.0 Å². The molecule has 0 saturated carbocycles. The molecular weight excluding hydrogens is 1690 g/mol. The molecule has 45 nitrogen and oxygen atoms in total. The van der Waals surface area contributed by atoms with Crippen molar-refractivity contribution in [2.45, 2.75) is 329 Å². The lowest BCUT2D eigenvalue weighted by Gasteiger charge is -2.46. The van der Waals surface area contributed by atoms with Crippen LogP contribution < -0.4 is 58.5 Å². The average Bonchev–Trinajstić information content (AvgIpc) is 1.18. The van der Waals surface area contributed by atoms with Crippen LogP contribution in [0, 0.1) is 0 Å². The van der Waals surface area contributed by atoms with Gasteiger partial charge in [0.05, 0.1) is 58.5 Å². The number of β-amino-alcohol motifs (C(OH)–C–C–N with tert-alkyl or cyclic N) is 1. The van der Waals surface area contributed by atoms with E-state index >= 15 is 0 Å². The number of nitrogens with zero attached hydrogens (tertiary/aromatic N) is 2. The summed E-state index contributed by atoms with van der Waals surface area (Å²) in [4.78, 5) is 158. The van der Waals surface area contributed by atoms with Crippen LogP contribution in [0.5, 0.6) is 0 Å². The third-order valence-electron chi connectivity index (χ3n) is 22.1. The monoisotopic (exact) mass is 1840 g/mol. The van der Waals surface area contributed by atoms with Gasteiger partial charge in [0.1, 0.15) is 97.4 Å². The van der Waals surface area contributed by atoms with Gasteiger partial charge in [-0.15, -0.1) is 0 Å². The summed E-state index contributed by atoms with van der Waals surface area (Å²) in [7, 11) is 3.78. The predicted molar refractivity (Wildman–Crippen MR) is 452 cm³/mol. The van der Waals surface area contributed by atoms with Gasteiger partial charge in [-0.3, -0.25) is 62.4 Å². The number of aliphatic hydroxyl groups is 10. The lowest BCUT2D eigenvalue weighted by Crippen LogP contribution is -2.69. The van der Waals surface area contributed by atoms with Crippen LogP contribution in [0.4, 0.5) is 0 Å². The third kappa shape index (κ3) is 41.7. The fourth-order valence-electron chi connectivity index (χ4n) is 15.2. The van der Waals surface area contributed by atoms with Crippen LogP contribution in [0.1, 0.15) is 195 Å². The van der Waals surface area contributed by atoms with Gasteiger partial charge in [-0.25, -0.2) is 0 Å². The van der Waals surface area contributed by atoms with E-state index < -0.39 is 196 Å². The number of rotatable bonds is 63. The van der Waals surface area contributed by atoms with Crippen molar-refractivity contribution in [3.63, 3.8) is 0 Å². The standard InChI is InChI=1S/C83H147N13O32/c1-50(100)90-68-75(116)72(113)55(46-97)126-81(68)122-38-18-15-24-59(105)84-32-21-35-87-62(108)29-41-119-49-58-78(120-42-30-63(109)88-36-22-33-85-60(106)25-16-19-39-123-82-69(91-51(2)101)76(117)73(114)56(47-98)127-82)79(121-43-31-64(110)89-37-23-34-86-61(107)26-17-20-40-124-83-70(92-52(3)102)77(118)74(115)57(48-99)128-83)71(93-53(4)103)80(125-58)94-65(111)27-13-11-9-7-8-10-12-14-28-67(112)96-45-54(104)44-66(96)95(5)6/h54-58,66,68-83,97-99,104,113-118H,7-49H2,1-6H3,(H,84,105)(H,85,106)(H,86,107)(H,87,108)(H,88,109)(H,89,110)(H,90,100)(H,91,101)(H,92,102)(H,93,103)(H,94,111)/t54-,55-,56-,57-,58-,66+,68-,69-,70-,71-,72+,73+,74+,75-,76-,77-,78-,79-,80-,81-,82-,83-/m1/s1. The summed E-state index contributed by atoms with van der Waals surface area (Å²) < 4.78 is 59.7. The number of unbranched alkanes of at least 4 members (excludes halogenated alkanes) is 10. The van der Waals surface area contributed by atoms with E-state index in [1.54, 1.807) is 4.90 Å². The Labute approximate surface area is 747 Å². The molecule has 0 spiro atoms. The lowest BCUT2D eigenvalue weighted by atomic mass is 9.94. The van der Waals surface area contributed by atoms with Crippen molar-refractivity contribution >= 4 is 70.9 Å². The van der Waals surface area contributed by atoms with Gasteiger partial charge in [-0.1, -0.05) is 38.5 Å². The number of amides is 12. The molecule has 5 aliphatic heterocycles. The van der Waals surface area contributed by atoms with Crippen LogP contribution in [0.25, 0.3) is 0 Å². The maximum absolute atomic E-state index is 14.0. The zero-order chi connectivity index (χ0) is 94.0. The van der Waals surface area contributed by atoms with Crippen molar-refractivity contribution in [3.8, 4) is 0 Å². The van der Waals surface area contributed by atoms with Crippen molar-refractivity contribution in [3.05, 3.63) is 0 Å². The molecule has 736 valence electrons. The highest BCUT2D eigenvalue weighted by molar-refractivity contribution is 5.80. The molecule has 0 unspecified atom stereocenters. The first-order valence-corrected chi connectivity index (χ1v) is 45.1. The summed E-state index contributed by atoms with van der Waals surface area (Å²) in [6.07, 6.45) is -11.1. The largest absolute Gasteiger partial charge is 0.394 e. The van der Waals surface area contributed by atoms with Gasteiger partial charge in [0.2, 0.25) is 70.9 Å². The van der Waals surface area contributed by atoms with Crippen LogP contribution >= 0.6 is 0 Å². The Morgan fingerprint density at radius 1 is 0.336 bits per heavy atom. The van der Waals surface area contributed by atoms with E-state index in [1.807, 2.05) is 19.0 Å². The molecule has 0 aromatic carbocycles. The summed E-state index contributed by atoms with van der Waals surface area (Å²) in [6, 6.07) is -4.53. The Hall–Kier alpha value is -7.20. The van der Waals surface area contributed by atoms with E-state index in [9.17, 15) is 109 Å². The molecule has 0 bridgehead atoms. The Morgan fingerprint density at radius 3 is 1.02 bits per heavy atom. The fraction of sp³-hybridized carbons (Fsp3) is 0.855. The van der Waals surface area contributed by atoms with Crippen LogP contribution in [-0.4, -0.2) is 393 Å². The molecule has 5 rings (SSSR count). The topological polar surface area (TPSA) is 638 Å². The second kappa shape index (κ2) is 62.3. The van der Waals surface area contributed by atoms with Crippen LogP contribution in [0.15, 0.2) is 0 Å². The number of ether oxygens (including phenoxy) is 10. The molecule has 5 saturated heterocycles. The van der Waals surface area contributed by atoms with Gasteiger partial charge >= 0.3 is 0 Å². The normalized spacial score (nSPS) is 27.5. The van der Waals surface area contributed by atoms with Crippen molar-refractivity contribution in [1.82, 2.24) is 68.3 Å². The highest BCUT2D eigenvalue weighted by Gasteiger charge is 2.51. The summed E-state index contributed by atoms with van der Waals surface area (Å²) in [5, 5.41) is 132. The Balaban J connectivity index is 1.18. The fourth-order valence-corrected chi connectivity index (χ4v) is 15.2. The molecule has 0 aromatic rings. The minimum absolute atomic E-state index is 0.0271. The summed E-state index contributed by atoms with van der Waals surface area (Å²) >= 11 is 0. The second-order valence-electron chi connectivity index (χ2n) is 33.0. The molecule has 22 atom stereocenters. The molecule has 0 aromatic heterocycles. The number of carbonyl (C=O) groups is 12. The van der Waals surface area contributed by atoms with E-state index in [2.05, 4.69) is 58.5 Å². The van der Waals surface area contributed by atoms with Crippen molar-refractivity contribution < 1.29 is 156 Å². The summed E-state index contributed by atoms with van der Waals surface area (Å²) in [5.41, 5.74) is 0. The van der Waals surface area contributed by atoms with Gasteiger partial charge < -0.3 is 162 Å². The minimum atomic E-state index is -1.48. The van der Waals surface area contributed by atoms with Crippen molar-refractivity contribution in [2.24, 2.45) is 0 Å². The van der Waals surface area contributed by atoms with E-state index in [1.165, 1.54) is 27.7 Å². The number of hydrogen-bond acceptors (Lipinski definition) is 33. The first-order chi connectivity index (χ1) is 61.3. The minimum Gasteiger partial charge on any atom is -0.394 e. The SMILES string of the molecule is CC(=O)N[C@@H]1[C@@H](OCCC(=O)NCCCNC(=O)CCCCO[C@@H]2O[C@H](CO)[C@H](O)[C@H](O)[C@H]2NC(C)=O)[C@H](OCCC(=O)NCCCNC(=O)CCCCO[C@@H]2O[C@H](CO)[C@H](O)[C@H](O)[C@H]2NC(C)=O)[C@@H](COCCC(=O)NCCCNC(=O)CCCCO[C@@H]2O[C@H](CO)[C@H](O)[C@H](O)[C@H]2NC(C)=O)O[C@H]1NC(=O)CCCCCCCCCCC(=O)N1C[C@H](O)C[C@H]1N(C)C. The zero-order valence-corrected chi connectivity index (χ0v) is 75.0. The molecule has 5 heterocycles. The quantitative estimate of drug-likeness (QED) is 0.0252. The number of nitrogens with one attached hydrogen (secondary N) is 11. The van der Waals surface area contributed by atoms with Crippen LogP contribution in [0.3, 0.4) is 0 Å². The van der Waals surface area contributed by atoms with Gasteiger partial charge in [-0.05, 0) is 84.7 Å².